The summed E-state index contributed by atoms with van der Waals surface area (Å²) in [5.74, 6) is 0.884. The molecule has 2 aromatic rings. The molecule has 4 aliphatic heterocycles. The van der Waals surface area contributed by atoms with Crippen LogP contribution in [0, 0.1) is 5.92 Å². The lowest BCUT2D eigenvalue weighted by Crippen LogP contribution is -2.58. The molecule has 0 radical (unpaired) electrons. The zero-order chi connectivity index (χ0) is 14.8. The van der Waals surface area contributed by atoms with Crippen LogP contribution in [0.1, 0.15) is 28.8 Å². The Kier molecular flexibility index (Phi) is 2.74. The minimum absolute atomic E-state index is 0.206. The number of H-pyrrole nitrogens is 1. The zero-order valence-electron chi connectivity index (χ0n) is 12.3. The van der Waals surface area contributed by atoms with Gasteiger partial charge in [-0.05, 0) is 49.5 Å². The van der Waals surface area contributed by atoms with Crippen LogP contribution in [0.2, 0.25) is 0 Å². The molecule has 1 aromatic heterocycles. The molecule has 3 saturated heterocycles. The van der Waals surface area contributed by atoms with Gasteiger partial charge in [0.25, 0.3) is 5.91 Å². The van der Waals surface area contributed by atoms with Crippen molar-refractivity contribution in [2.45, 2.75) is 25.4 Å². The summed E-state index contributed by atoms with van der Waals surface area (Å²) in [4.78, 5) is 21.1. The number of carbonyl (C=O) groups is 1. The maximum absolute atomic E-state index is 13.1. The smallest absolute Gasteiger partial charge is 0.255 e. The lowest BCUT2D eigenvalue weighted by Gasteiger charge is -2.49. The van der Waals surface area contributed by atoms with Crippen LogP contribution in [0.15, 0.2) is 22.8 Å². The molecule has 4 nitrogen and oxygen atoms in total. The summed E-state index contributed by atoms with van der Waals surface area (Å²) in [7, 11) is 0. The fourth-order valence-corrected chi connectivity index (χ4v) is 5.02. The number of carbonyl (C=O) groups excluding carboxylic acids is 1. The first-order chi connectivity index (χ1) is 10.7. The quantitative estimate of drug-likeness (QED) is 0.849. The van der Waals surface area contributed by atoms with E-state index < -0.39 is 0 Å². The number of hydrogen-bond donors (Lipinski definition) is 1. The number of fused-ring (bicyclic) bond motifs is 3. The summed E-state index contributed by atoms with van der Waals surface area (Å²) >= 11 is 3.53. The molecule has 22 heavy (non-hydrogen) atoms. The van der Waals surface area contributed by atoms with Crippen LogP contribution in [-0.4, -0.2) is 46.4 Å². The maximum atomic E-state index is 13.1. The molecule has 0 spiro atoms. The minimum Gasteiger partial charge on any atom is -0.361 e. The summed E-state index contributed by atoms with van der Waals surface area (Å²) in [6, 6.07) is 4.42. The Bertz CT molecular complexity index is 776. The monoisotopic (exact) mass is 359 g/mol. The largest absolute Gasteiger partial charge is 0.361 e. The molecule has 4 aliphatic rings. The Balaban J connectivity index is 1.59. The molecule has 5 heterocycles. The average Bonchev–Trinajstić information content (AvgIpc) is 2.95. The second-order valence-electron chi connectivity index (χ2n) is 6.83. The van der Waals surface area contributed by atoms with E-state index in [1.807, 2.05) is 6.07 Å². The normalized spacial score (nSPS) is 30.3. The molecule has 1 atom stereocenters. The predicted octanol–water partition coefficient (Wildman–Crippen LogP) is 2.98. The molecule has 1 unspecified atom stereocenters. The predicted molar refractivity (Wildman–Crippen MR) is 88.8 cm³/mol. The molecule has 0 aliphatic carbocycles. The highest BCUT2D eigenvalue weighted by Crippen LogP contribution is 2.37. The highest BCUT2D eigenvalue weighted by atomic mass is 79.9. The van der Waals surface area contributed by atoms with E-state index in [2.05, 4.69) is 43.0 Å². The first-order valence-electron chi connectivity index (χ1n) is 8.03. The van der Waals surface area contributed by atoms with E-state index in [-0.39, 0.29) is 5.91 Å². The number of nitrogens with one attached hydrogen (secondary N) is 1. The van der Waals surface area contributed by atoms with Gasteiger partial charge in [-0.3, -0.25) is 4.79 Å². The van der Waals surface area contributed by atoms with Gasteiger partial charge in [-0.2, -0.15) is 0 Å². The van der Waals surface area contributed by atoms with Crippen LogP contribution in [-0.2, 0) is 6.54 Å². The van der Waals surface area contributed by atoms with E-state index in [1.54, 1.807) is 0 Å². The first kappa shape index (κ1) is 13.1. The van der Waals surface area contributed by atoms with Gasteiger partial charge in [-0.1, -0.05) is 15.9 Å². The van der Waals surface area contributed by atoms with Gasteiger partial charge in [0, 0.05) is 40.7 Å². The number of aromatic amines is 1. The van der Waals surface area contributed by atoms with Gasteiger partial charge in [0.05, 0.1) is 5.56 Å². The van der Waals surface area contributed by atoms with E-state index in [0.29, 0.717) is 12.0 Å². The summed E-state index contributed by atoms with van der Waals surface area (Å²) in [5, 5.41) is 1.12. The van der Waals surface area contributed by atoms with E-state index >= 15 is 0 Å². The lowest BCUT2D eigenvalue weighted by molar-refractivity contribution is 0.00407. The molecular formula is C17H18BrN3O. The van der Waals surface area contributed by atoms with E-state index in [0.717, 1.165) is 34.0 Å². The molecule has 114 valence electrons. The Morgan fingerprint density at radius 1 is 1.23 bits per heavy atom. The summed E-state index contributed by atoms with van der Waals surface area (Å²) in [5.41, 5.74) is 3.16. The molecule has 0 saturated carbocycles. The summed E-state index contributed by atoms with van der Waals surface area (Å²) < 4.78 is 0.965. The van der Waals surface area contributed by atoms with Crippen molar-refractivity contribution in [3.63, 3.8) is 0 Å². The van der Waals surface area contributed by atoms with Crippen LogP contribution in [0.25, 0.3) is 10.9 Å². The van der Waals surface area contributed by atoms with Crippen molar-refractivity contribution in [3.8, 4) is 0 Å². The second-order valence-corrected chi connectivity index (χ2v) is 7.74. The number of rotatable bonds is 1. The van der Waals surface area contributed by atoms with Crippen LogP contribution in [0.3, 0.4) is 0 Å². The van der Waals surface area contributed by atoms with Crippen molar-refractivity contribution >= 4 is 32.7 Å². The summed E-state index contributed by atoms with van der Waals surface area (Å²) in [6.07, 6.45) is 4.55. The number of piperidine rings is 3. The molecule has 5 heteroatoms. The summed E-state index contributed by atoms with van der Waals surface area (Å²) in [6.45, 7) is 4.22. The molecule has 1 aromatic carbocycles. The number of aromatic nitrogens is 1. The van der Waals surface area contributed by atoms with Gasteiger partial charge in [0.2, 0.25) is 0 Å². The van der Waals surface area contributed by atoms with Crippen molar-refractivity contribution in [2.75, 3.05) is 19.6 Å². The average molecular weight is 360 g/mol. The van der Waals surface area contributed by atoms with Gasteiger partial charge < -0.3 is 14.8 Å². The minimum atomic E-state index is 0.206. The maximum Gasteiger partial charge on any atom is 0.255 e. The van der Waals surface area contributed by atoms with Crippen molar-refractivity contribution in [1.82, 2.24) is 14.8 Å². The third-order valence-electron chi connectivity index (χ3n) is 5.68. The number of amides is 1. The van der Waals surface area contributed by atoms with E-state index in [1.165, 1.54) is 31.5 Å². The highest BCUT2D eigenvalue weighted by molar-refractivity contribution is 9.10. The van der Waals surface area contributed by atoms with Crippen LogP contribution >= 0.6 is 15.9 Å². The standard InChI is InChI=1S/C17H18BrN3O/c18-12-5-13-16-11(7-19-14(16)6-12)8-21(17(13)22)15-9-20-3-1-10(15)2-4-20/h5-7,10,15,19H,1-4,8-9H2. The Hall–Kier alpha value is -1.33. The Morgan fingerprint density at radius 3 is 2.77 bits per heavy atom. The van der Waals surface area contributed by atoms with Gasteiger partial charge in [-0.15, -0.1) is 0 Å². The molecular weight excluding hydrogens is 342 g/mol. The highest BCUT2D eigenvalue weighted by Gasteiger charge is 2.41. The van der Waals surface area contributed by atoms with Crippen molar-refractivity contribution < 1.29 is 4.79 Å². The SMILES string of the molecule is O=C1c2cc(Br)cc3[nH]cc(c23)CN1C1CN2CCC1CC2. The number of halogens is 1. The first-order valence-corrected chi connectivity index (χ1v) is 8.83. The molecule has 2 bridgehead atoms. The molecule has 1 amide bonds. The number of hydrogen-bond acceptors (Lipinski definition) is 2. The van der Waals surface area contributed by atoms with Crippen molar-refractivity contribution in [1.29, 1.82) is 0 Å². The molecule has 1 N–H and O–H groups in total. The number of nitrogens with zero attached hydrogens (tertiary/aromatic N) is 2. The van der Waals surface area contributed by atoms with Crippen molar-refractivity contribution in [2.24, 2.45) is 5.92 Å². The third kappa shape index (κ3) is 1.75. The van der Waals surface area contributed by atoms with E-state index in [4.69, 9.17) is 0 Å². The van der Waals surface area contributed by atoms with Gasteiger partial charge in [-0.25, -0.2) is 0 Å². The fourth-order valence-electron chi connectivity index (χ4n) is 4.56. The van der Waals surface area contributed by atoms with Gasteiger partial charge in [0.1, 0.15) is 0 Å². The number of benzene rings is 1. The Labute approximate surface area is 137 Å². The fraction of sp³-hybridized carbons (Fsp3) is 0.471. The van der Waals surface area contributed by atoms with E-state index in [9.17, 15) is 4.79 Å². The molecule has 6 rings (SSSR count). The zero-order valence-corrected chi connectivity index (χ0v) is 13.9. The Morgan fingerprint density at radius 2 is 2.05 bits per heavy atom. The van der Waals surface area contributed by atoms with Crippen LogP contribution in [0.4, 0.5) is 0 Å². The second kappa shape index (κ2) is 4.59. The third-order valence-corrected chi connectivity index (χ3v) is 6.14. The van der Waals surface area contributed by atoms with Crippen molar-refractivity contribution in [3.05, 3.63) is 33.9 Å². The van der Waals surface area contributed by atoms with Gasteiger partial charge >= 0.3 is 0 Å². The van der Waals surface area contributed by atoms with Gasteiger partial charge in [0.15, 0.2) is 0 Å². The van der Waals surface area contributed by atoms with Crippen LogP contribution in [0.5, 0.6) is 0 Å². The van der Waals surface area contributed by atoms with Crippen LogP contribution < -0.4 is 0 Å². The molecule has 3 fully saturated rings. The lowest BCUT2D eigenvalue weighted by atomic mass is 9.82. The topological polar surface area (TPSA) is 39.3 Å².